The predicted octanol–water partition coefficient (Wildman–Crippen LogP) is 1.84. The van der Waals surface area contributed by atoms with Crippen molar-refractivity contribution in [1.82, 2.24) is 4.90 Å². The van der Waals surface area contributed by atoms with Gasteiger partial charge in [0.1, 0.15) is 5.78 Å². The van der Waals surface area contributed by atoms with Crippen LogP contribution in [0.3, 0.4) is 0 Å². The Labute approximate surface area is 85.7 Å². The Bertz CT molecular complexity index is 295. The summed E-state index contributed by atoms with van der Waals surface area (Å²) in [4.78, 5) is 13.7. The standard InChI is InChI=1S/C12H19NO/c1-9(14)10-6-12(8-13(10)2)7-11(12)4-3-5-11/h10H,3-8H2,1-2H3/t10?,12-/m0/s1. The number of fused-ring (bicyclic) bond motifs is 1. The van der Waals surface area contributed by atoms with E-state index in [9.17, 15) is 4.79 Å². The van der Waals surface area contributed by atoms with Crippen molar-refractivity contribution in [3.8, 4) is 0 Å². The summed E-state index contributed by atoms with van der Waals surface area (Å²) in [7, 11) is 2.12. The van der Waals surface area contributed by atoms with Crippen LogP contribution >= 0.6 is 0 Å². The van der Waals surface area contributed by atoms with E-state index in [0.717, 1.165) is 6.42 Å². The summed E-state index contributed by atoms with van der Waals surface area (Å²) in [5.41, 5.74) is 1.27. The van der Waals surface area contributed by atoms with Crippen molar-refractivity contribution >= 4 is 5.78 Å². The van der Waals surface area contributed by atoms with Gasteiger partial charge in [-0.2, -0.15) is 0 Å². The molecule has 14 heavy (non-hydrogen) atoms. The molecule has 1 aliphatic heterocycles. The Balaban J connectivity index is 1.78. The summed E-state index contributed by atoms with van der Waals surface area (Å²) >= 11 is 0. The van der Waals surface area contributed by atoms with Gasteiger partial charge in [0.25, 0.3) is 0 Å². The van der Waals surface area contributed by atoms with Crippen LogP contribution < -0.4 is 0 Å². The molecule has 3 fully saturated rings. The van der Waals surface area contributed by atoms with Gasteiger partial charge in [0.2, 0.25) is 0 Å². The molecule has 0 amide bonds. The van der Waals surface area contributed by atoms with E-state index in [-0.39, 0.29) is 6.04 Å². The van der Waals surface area contributed by atoms with Gasteiger partial charge in [0, 0.05) is 6.54 Å². The van der Waals surface area contributed by atoms with Gasteiger partial charge in [0.05, 0.1) is 6.04 Å². The van der Waals surface area contributed by atoms with E-state index in [1.165, 1.54) is 32.2 Å². The van der Waals surface area contributed by atoms with E-state index >= 15 is 0 Å². The van der Waals surface area contributed by atoms with Crippen molar-refractivity contribution < 1.29 is 4.79 Å². The number of carbonyl (C=O) groups is 1. The van der Waals surface area contributed by atoms with Gasteiger partial charge in [-0.15, -0.1) is 0 Å². The Morgan fingerprint density at radius 2 is 2.07 bits per heavy atom. The highest BCUT2D eigenvalue weighted by Gasteiger charge is 2.71. The SMILES string of the molecule is CC(=O)C1C[C@@]2(CN1C)CC21CCC1. The number of ketones is 1. The van der Waals surface area contributed by atoms with E-state index in [0.29, 0.717) is 16.6 Å². The van der Waals surface area contributed by atoms with Crippen LogP contribution in [0.1, 0.15) is 39.0 Å². The molecule has 2 atom stereocenters. The smallest absolute Gasteiger partial charge is 0.146 e. The first-order valence-corrected chi connectivity index (χ1v) is 5.79. The molecule has 1 saturated heterocycles. The molecule has 0 aromatic rings. The van der Waals surface area contributed by atoms with Crippen LogP contribution in [-0.2, 0) is 4.79 Å². The van der Waals surface area contributed by atoms with Crippen LogP contribution in [0.25, 0.3) is 0 Å². The maximum atomic E-state index is 11.4. The van der Waals surface area contributed by atoms with Gasteiger partial charge in [-0.1, -0.05) is 6.42 Å². The summed E-state index contributed by atoms with van der Waals surface area (Å²) in [6.45, 7) is 2.92. The number of carbonyl (C=O) groups excluding carboxylic acids is 1. The third-order valence-corrected chi connectivity index (χ3v) is 5.12. The molecular weight excluding hydrogens is 174 g/mol. The zero-order chi connectivity index (χ0) is 9.97. The normalized spacial score (nSPS) is 44.3. The lowest BCUT2D eigenvalue weighted by Gasteiger charge is -2.30. The molecule has 2 saturated carbocycles. The monoisotopic (exact) mass is 193 g/mol. The van der Waals surface area contributed by atoms with E-state index in [1.54, 1.807) is 6.92 Å². The van der Waals surface area contributed by atoms with Crippen molar-refractivity contribution in [2.45, 2.75) is 45.1 Å². The van der Waals surface area contributed by atoms with Crippen molar-refractivity contribution in [3.63, 3.8) is 0 Å². The van der Waals surface area contributed by atoms with Crippen molar-refractivity contribution in [3.05, 3.63) is 0 Å². The summed E-state index contributed by atoms with van der Waals surface area (Å²) in [6.07, 6.45) is 6.86. The van der Waals surface area contributed by atoms with Crippen LogP contribution in [0.4, 0.5) is 0 Å². The summed E-state index contributed by atoms with van der Waals surface area (Å²) < 4.78 is 0. The first-order valence-electron chi connectivity index (χ1n) is 5.79. The Morgan fingerprint density at radius 3 is 2.43 bits per heavy atom. The Morgan fingerprint density at radius 1 is 1.36 bits per heavy atom. The molecular formula is C12H19NO. The zero-order valence-corrected chi connectivity index (χ0v) is 9.18. The second kappa shape index (κ2) is 2.41. The Hall–Kier alpha value is -0.370. The summed E-state index contributed by atoms with van der Waals surface area (Å²) in [6, 6.07) is 0.231. The van der Waals surface area contributed by atoms with Gasteiger partial charge < -0.3 is 0 Å². The fourth-order valence-corrected chi connectivity index (χ4v) is 4.06. The highest BCUT2D eigenvalue weighted by Crippen LogP contribution is 2.77. The largest absolute Gasteiger partial charge is 0.298 e. The van der Waals surface area contributed by atoms with Crippen LogP contribution in [0.2, 0.25) is 0 Å². The van der Waals surface area contributed by atoms with E-state index in [1.807, 2.05) is 0 Å². The minimum atomic E-state index is 0.231. The van der Waals surface area contributed by atoms with Crippen LogP contribution in [0.5, 0.6) is 0 Å². The second-order valence-corrected chi connectivity index (χ2v) is 5.84. The topological polar surface area (TPSA) is 20.3 Å². The predicted molar refractivity (Wildman–Crippen MR) is 55.1 cm³/mol. The van der Waals surface area contributed by atoms with Crippen molar-refractivity contribution in [2.24, 2.45) is 10.8 Å². The highest BCUT2D eigenvalue weighted by molar-refractivity contribution is 5.82. The first kappa shape index (κ1) is 8.90. The van der Waals surface area contributed by atoms with Crippen LogP contribution in [0, 0.1) is 10.8 Å². The van der Waals surface area contributed by atoms with Crippen molar-refractivity contribution in [2.75, 3.05) is 13.6 Å². The molecule has 1 heterocycles. The fourth-order valence-electron chi connectivity index (χ4n) is 4.06. The summed E-state index contributed by atoms with van der Waals surface area (Å²) in [5.74, 6) is 0.366. The van der Waals surface area contributed by atoms with E-state index < -0.39 is 0 Å². The molecule has 2 spiro atoms. The molecule has 2 aliphatic carbocycles. The number of hydrogen-bond donors (Lipinski definition) is 0. The molecule has 3 rings (SSSR count). The number of likely N-dealkylation sites (N-methyl/N-ethyl adjacent to an activating group) is 1. The average Bonchev–Trinajstić information content (AvgIpc) is 2.56. The number of hydrogen-bond acceptors (Lipinski definition) is 2. The van der Waals surface area contributed by atoms with Gasteiger partial charge in [-0.05, 0) is 50.5 Å². The first-order chi connectivity index (χ1) is 6.59. The lowest BCUT2D eigenvalue weighted by molar-refractivity contribution is -0.120. The molecule has 3 aliphatic rings. The van der Waals surface area contributed by atoms with Crippen LogP contribution in [0.15, 0.2) is 0 Å². The third-order valence-electron chi connectivity index (χ3n) is 5.12. The number of nitrogens with zero attached hydrogens (tertiary/aromatic N) is 1. The lowest BCUT2D eigenvalue weighted by Crippen LogP contribution is -2.31. The fraction of sp³-hybridized carbons (Fsp3) is 0.917. The molecule has 1 unspecified atom stereocenters. The maximum absolute atomic E-state index is 11.4. The number of likely N-dealkylation sites (tertiary alicyclic amines) is 1. The number of rotatable bonds is 1. The molecule has 78 valence electrons. The van der Waals surface area contributed by atoms with Gasteiger partial charge in [-0.25, -0.2) is 0 Å². The number of Topliss-reactive ketones (excluding diaryl/α,β-unsaturated/α-hetero) is 1. The Kier molecular flexibility index (Phi) is 1.53. The second-order valence-electron chi connectivity index (χ2n) is 5.84. The maximum Gasteiger partial charge on any atom is 0.146 e. The molecule has 0 radical (unpaired) electrons. The zero-order valence-electron chi connectivity index (χ0n) is 9.18. The van der Waals surface area contributed by atoms with Crippen molar-refractivity contribution in [1.29, 1.82) is 0 Å². The molecule has 0 bridgehead atoms. The lowest BCUT2D eigenvalue weighted by atomic mass is 9.74. The molecule has 2 heteroatoms. The van der Waals surface area contributed by atoms with Gasteiger partial charge in [-0.3, -0.25) is 9.69 Å². The van der Waals surface area contributed by atoms with E-state index in [2.05, 4.69) is 11.9 Å². The molecule has 0 aromatic heterocycles. The molecule has 0 N–H and O–H groups in total. The van der Waals surface area contributed by atoms with Gasteiger partial charge in [0.15, 0.2) is 0 Å². The minimum Gasteiger partial charge on any atom is -0.298 e. The molecule has 0 aromatic carbocycles. The quantitative estimate of drug-likeness (QED) is 0.633. The van der Waals surface area contributed by atoms with Crippen LogP contribution in [-0.4, -0.2) is 30.3 Å². The van der Waals surface area contributed by atoms with E-state index in [4.69, 9.17) is 0 Å². The molecule has 2 nitrogen and oxygen atoms in total. The average molecular weight is 193 g/mol. The van der Waals surface area contributed by atoms with Gasteiger partial charge >= 0.3 is 0 Å². The highest BCUT2D eigenvalue weighted by atomic mass is 16.1. The summed E-state index contributed by atoms with van der Waals surface area (Å²) in [5, 5.41) is 0. The third kappa shape index (κ3) is 0.881. The minimum absolute atomic E-state index is 0.231.